The third-order valence-corrected chi connectivity index (χ3v) is 5.10. The van der Waals surface area contributed by atoms with Gasteiger partial charge < -0.3 is 10.2 Å². The van der Waals surface area contributed by atoms with E-state index < -0.39 is 0 Å². The topological polar surface area (TPSA) is 78.4 Å². The van der Waals surface area contributed by atoms with E-state index in [9.17, 15) is 9.59 Å². The number of nitrogens with zero attached hydrogens (tertiary/aromatic N) is 4. The number of carbonyl (C=O) groups excluding carboxylic acids is 2. The first-order valence-corrected chi connectivity index (χ1v) is 9.78. The first-order chi connectivity index (χ1) is 13.7. The molecule has 2 amide bonds. The van der Waals surface area contributed by atoms with Gasteiger partial charge in [0.05, 0.1) is 23.6 Å². The van der Waals surface area contributed by atoms with E-state index in [0.717, 1.165) is 12.2 Å². The Kier molecular flexibility index (Phi) is 7.84. The Morgan fingerprint density at radius 3 is 2.28 bits per heavy atom. The molecular formula is C22H31N5O2. The predicted octanol–water partition coefficient (Wildman–Crippen LogP) is 2.11. The van der Waals surface area contributed by atoms with Crippen LogP contribution in [-0.2, 0) is 11.3 Å². The molecule has 29 heavy (non-hydrogen) atoms. The van der Waals surface area contributed by atoms with Crippen LogP contribution in [0.15, 0.2) is 30.3 Å². The minimum Gasteiger partial charge on any atom is -0.358 e. The number of amides is 2. The molecule has 156 valence electrons. The lowest BCUT2D eigenvalue weighted by Crippen LogP contribution is -2.47. The first kappa shape index (κ1) is 22.5. The summed E-state index contributed by atoms with van der Waals surface area (Å²) in [6, 6.07) is 10.2. The van der Waals surface area contributed by atoms with Gasteiger partial charge in [0.25, 0.3) is 5.91 Å². The van der Waals surface area contributed by atoms with Gasteiger partial charge in [-0.15, -0.1) is 0 Å². The molecular weight excluding hydrogens is 366 g/mol. The zero-order chi connectivity index (χ0) is 21.6. The van der Waals surface area contributed by atoms with Gasteiger partial charge in [0.2, 0.25) is 5.91 Å². The van der Waals surface area contributed by atoms with Crippen molar-refractivity contribution < 1.29 is 9.59 Å². The highest BCUT2D eigenvalue weighted by Gasteiger charge is 2.25. The summed E-state index contributed by atoms with van der Waals surface area (Å²) in [6.45, 7) is 8.66. The van der Waals surface area contributed by atoms with Gasteiger partial charge in [-0.3, -0.25) is 19.5 Å². The van der Waals surface area contributed by atoms with Gasteiger partial charge in [0.15, 0.2) is 0 Å². The lowest BCUT2D eigenvalue weighted by atomic mass is 10.1. The fourth-order valence-corrected chi connectivity index (χ4v) is 3.02. The Hall–Kier alpha value is -2.80. The fraction of sp³-hybridized carbons (Fsp3) is 0.455. The van der Waals surface area contributed by atoms with E-state index in [2.05, 4.69) is 32.3 Å². The van der Waals surface area contributed by atoms with Crippen LogP contribution >= 0.6 is 0 Å². The molecule has 0 fully saturated rings. The Bertz CT molecular complexity index is 854. The van der Waals surface area contributed by atoms with Crippen molar-refractivity contribution in [2.24, 2.45) is 0 Å². The maximum absolute atomic E-state index is 13.2. The fourth-order valence-electron chi connectivity index (χ4n) is 3.02. The molecule has 0 aliphatic rings. The maximum atomic E-state index is 13.2. The highest BCUT2D eigenvalue weighted by atomic mass is 16.2. The molecule has 0 saturated carbocycles. The SMILES string of the molecule is CNC(=O)CN(CC(C)N(C)Cc1ccccc1)C(=O)c1nc(C)c(C)nc1C. The molecule has 7 heteroatoms. The number of likely N-dealkylation sites (N-methyl/N-ethyl adjacent to an activating group) is 2. The van der Waals surface area contributed by atoms with Crippen LogP contribution in [0.5, 0.6) is 0 Å². The van der Waals surface area contributed by atoms with Crippen LogP contribution in [0.2, 0.25) is 0 Å². The standard InChI is InChI=1S/C22H31N5O2/c1-15(26(6)13-19-10-8-7-9-11-19)12-27(14-20(28)23-5)22(29)21-18(4)24-16(2)17(3)25-21/h7-11,15H,12-14H2,1-6H3,(H,23,28). The zero-order valence-electron chi connectivity index (χ0n) is 18.2. The molecule has 0 bridgehead atoms. The van der Waals surface area contributed by atoms with Gasteiger partial charge in [-0.1, -0.05) is 30.3 Å². The second kappa shape index (κ2) is 10.1. The van der Waals surface area contributed by atoms with Gasteiger partial charge in [-0.25, -0.2) is 4.98 Å². The summed E-state index contributed by atoms with van der Waals surface area (Å²) in [5.41, 5.74) is 3.59. The van der Waals surface area contributed by atoms with Gasteiger partial charge >= 0.3 is 0 Å². The summed E-state index contributed by atoms with van der Waals surface area (Å²) in [7, 11) is 3.58. The molecule has 0 spiro atoms. The van der Waals surface area contributed by atoms with Crippen LogP contribution in [-0.4, -0.2) is 64.8 Å². The average molecular weight is 398 g/mol. The number of aromatic nitrogens is 2. The third kappa shape index (κ3) is 6.09. The van der Waals surface area contributed by atoms with Gasteiger partial charge in [0, 0.05) is 26.2 Å². The number of hydrogen-bond acceptors (Lipinski definition) is 5. The Morgan fingerprint density at radius 1 is 1.03 bits per heavy atom. The second-order valence-corrected chi connectivity index (χ2v) is 7.44. The number of aryl methyl sites for hydroxylation is 3. The minimum absolute atomic E-state index is 0.0209. The van der Waals surface area contributed by atoms with Gasteiger partial charge in [0.1, 0.15) is 5.69 Å². The largest absolute Gasteiger partial charge is 0.358 e. The molecule has 0 aliphatic carbocycles. The molecule has 7 nitrogen and oxygen atoms in total. The highest BCUT2D eigenvalue weighted by Crippen LogP contribution is 2.13. The van der Waals surface area contributed by atoms with Crippen molar-refractivity contribution in [3.05, 3.63) is 58.7 Å². The number of rotatable bonds is 8. The van der Waals surface area contributed by atoms with Crippen LogP contribution in [0.25, 0.3) is 0 Å². The van der Waals surface area contributed by atoms with Crippen LogP contribution in [0.1, 0.15) is 40.1 Å². The Labute approximate surface area is 173 Å². The molecule has 1 aromatic carbocycles. The molecule has 1 atom stereocenters. The minimum atomic E-state index is -0.276. The normalized spacial score (nSPS) is 12.0. The van der Waals surface area contributed by atoms with Crippen LogP contribution < -0.4 is 5.32 Å². The van der Waals surface area contributed by atoms with Crippen LogP contribution in [0, 0.1) is 20.8 Å². The molecule has 1 heterocycles. The lowest BCUT2D eigenvalue weighted by molar-refractivity contribution is -0.121. The first-order valence-electron chi connectivity index (χ1n) is 9.78. The van der Waals surface area contributed by atoms with Crippen molar-refractivity contribution in [3.63, 3.8) is 0 Å². The number of carbonyl (C=O) groups is 2. The smallest absolute Gasteiger partial charge is 0.274 e. The third-order valence-electron chi connectivity index (χ3n) is 5.10. The number of hydrogen-bond donors (Lipinski definition) is 1. The van der Waals surface area contributed by atoms with Crippen molar-refractivity contribution in [1.82, 2.24) is 25.1 Å². The zero-order valence-corrected chi connectivity index (χ0v) is 18.2. The van der Waals surface area contributed by atoms with E-state index in [4.69, 9.17) is 0 Å². The molecule has 0 radical (unpaired) electrons. The van der Waals surface area contributed by atoms with Gasteiger partial charge in [-0.2, -0.15) is 0 Å². The molecule has 1 aromatic heterocycles. The van der Waals surface area contributed by atoms with E-state index in [0.29, 0.717) is 23.6 Å². The van der Waals surface area contributed by atoms with Crippen molar-refractivity contribution in [3.8, 4) is 0 Å². The van der Waals surface area contributed by atoms with Crippen molar-refractivity contribution in [2.75, 3.05) is 27.2 Å². The Balaban J connectivity index is 2.20. The number of benzene rings is 1. The molecule has 2 aromatic rings. The van der Waals surface area contributed by atoms with E-state index in [1.165, 1.54) is 5.56 Å². The summed E-state index contributed by atoms with van der Waals surface area (Å²) in [5, 5.41) is 2.60. The number of nitrogens with one attached hydrogen (secondary N) is 1. The summed E-state index contributed by atoms with van der Waals surface area (Å²) >= 11 is 0. The van der Waals surface area contributed by atoms with E-state index >= 15 is 0 Å². The summed E-state index contributed by atoms with van der Waals surface area (Å²) < 4.78 is 0. The molecule has 2 rings (SSSR count). The van der Waals surface area contributed by atoms with Crippen LogP contribution in [0.4, 0.5) is 0 Å². The summed E-state index contributed by atoms with van der Waals surface area (Å²) in [4.78, 5) is 37.9. The van der Waals surface area contributed by atoms with Gasteiger partial charge in [-0.05, 0) is 40.3 Å². The predicted molar refractivity (Wildman–Crippen MR) is 114 cm³/mol. The van der Waals surface area contributed by atoms with E-state index in [-0.39, 0.29) is 24.4 Å². The Morgan fingerprint density at radius 2 is 1.66 bits per heavy atom. The van der Waals surface area contributed by atoms with Crippen molar-refractivity contribution in [1.29, 1.82) is 0 Å². The quantitative estimate of drug-likeness (QED) is 0.738. The second-order valence-electron chi connectivity index (χ2n) is 7.44. The molecule has 0 aliphatic heterocycles. The van der Waals surface area contributed by atoms with E-state index in [1.54, 1.807) is 18.9 Å². The monoisotopic (exact) mass is 397 g/mol. The summed E-state index contributed by atoms with van der Waals surface area (Å²) in [5.74, 6) is -0.493. The molecule has 0 saturated heterocycles. The van der Waals surface area contributed by atoms with Crippen molar-refractivity contribution >= 4 is 11.8 Å². The maximum Gasteiger partial charge on any atom is 0.274 e. The van der Waals surface area contributed by atoms with E-state index in [1.807, 2.05) is 46.0 Å². The molecule has 1 unspecified atom stereocenters. The summed E-state index contributed by atoms with van der Waals surface area (Å²) in [6.07, 6.45) is 0. The van der Waals surface area contributed by atoms with Crippen LogP contribution in [0.3, 0.4) is 0 Å². The average Bonchev–Trinajstić information content (AvgIpc) is 2.70. The highest BCUT2D eigenvalue weighted by molar-refractivity contribution is 5.95. The molecule has 1 N–H and O–H groups in total. The lowest BCUT2D eigenvalue weighted by Gasteiger charge is -2.31. The van der Waals surface area contributed by atoms with Crippen molar-refractivity contribution in [2.45, 2.75) is 40.3 Å².